The second-order valence-electron chi connectivity index (χ2n) is 5.40. The summed E-state index contributed by atoms with van der Waals surface area (Å²) in [6.07, 6.45) is 1.64. The molecule has 0 saturated carbocycles. The molecule has 0 unspecified atom stereocenters. The number of rotatable bonds is 3. The number of nitrogens with zero attached hydrogens (tertiary/aromatic N) is 2. The van der Waals surface area contributed by atoms with Crippen LogP contribution in [-0.4, -0.2) is 30.0 Å². The van der Waals surface area contributed by atoms with Gasteiger partial charge < -0.3 is 9.64 Å². The second kappa shape index (κ2) is 6.42. The highest BCUT2D eigenvalue weighted by Gasteiger charge is 2.25. The van der Waals surface area contributed by atoms with Crippen LogP contribution in [0, 0.1) is 17.2 Å². The van der Waals surface area contributed by atoms with Crippen LogP contribution in [0.1, 0.15) is 32.3 Å². The largest absolute Gasteiger partial charge is 0.481 e. The number of piperidine rings is 1. The van der Waals surface area contributed by atoms with E-state index in [-0.39, 0.29) is 5.91 Å². The average molecular weight is 272 g/mol. The first-order valence-corrected chi connectivity index (χ1v) is 7.05. The van der Waals surface area contributed by atoms with E-state index in [0.717, 1.165) is 25.9 Å². The van der Waals surface area contributed by atoms with E-state index in [0.29, 0.717) is 17.2 Å². The average Bonchev–Trinajstić information content (AvgIpc) is 2.48. The maximum Gasteiger partial charge on any atom is 0.263 e. The quantitative estimate of drug-likeness (QED) is 0.849. The third kappa shape index (κ3) is 3.51. The Bertz CT molecular complexity index is 496. The van der Waals surface area contributed by atoms with E-state index in [1.807, 2.05) is 4.90 Å². The lowest BCUT2D eigenvalue weighted by Crippen LogP contribution is -2.44. The van der Waals surface area contributed by atoms with Crippen LogP contribution in [0.3, 0.4) is 0 Å². The molecule has 2 rings (SSSR count). The number of hydrogen-bond acceptors (Lipinski definition) is 3. The van der Waals surface area contributed by atoms with E-state index in [1.165, 1.54) is 0 Å². The smallest absolute Gasteiger partial charge is 0.263 e. The highest BCUT2D eigenvalue weighted by atomic mass is 16.5. The van der Waals surface area contributed by atoms with Crippen LogP contribution >= 0.6 is 0 Å². The monoisotopic (exact) mass is 272 g/mol. The molecule has 1 saturated heterocycles. The van der Waals surface area contributed by atoms with Gasteiger partial charge in [0.05, 0.1) is 11.6 Å². The molecule has 4 nitrogen and oxygen atoms in total. The molecule has 1 heterocycles. The van der Waals surface area contributed by atoms with Crippen LogP contribution in [0.2, 0.25) is 0 Å². The van der Waals surface area contributed by atoms with Gasteiger partial charge in [0.1, 0.15) is 5.75 Å². The van der Waals surface area contributed by atoms with Gasteiger partial charge in [-0.15, -0.1) is 0 Å². The summed E-state index contributed by atoms with van der Waals surface area (Å²) in [5, 5.41) is 8.74. The van der Waals surface area contributed by atoms with Crippen LogP contribution in [0.25, 0.3) is 0 Å². The van der Waals surface area contributed by atoms with Gasteiger partial charge in [-0.25, -0.2) is 0 Å². The fourth-order valence-electron chi connectivity index (χ4n) is 2.35. The molecule has 1 aromatic carbocycles. The van der Waals surface area contributed by atoms with Gasteiger partial charge in [-0.05, 0) is 49.9 Å². The Morgan fingerprint density at radius 1 is 1.35 bits per heavy atom. The summed E-state index contributed by atoms with van der Waals surface area (Å²) in [6, 6.07) is 8.88. The molecule has 0 aromatic heterocycles. The van der Waals surface area contributed by atoms with Gasteiger partial charge in [0, 0.05) is 13.1 Å². The zero-order valence-corrected chi connectivity index (χ0v) is 12.0. The highest BCUT2D eigenvalue weighted by Crippen LogP contribution is 2.19. The Morgan fingerprint density at radius 2 is 1.95 bits per heavy atom. The molecule has 0 radical (unpaired) electrons. The van der Waals surface area contributed by atoms with Crippen molar-refractivity contribution in [1.82, 2.24) is 4.90 Å². The van der Waals surface area contributed by atoms with E-state index in [1.54, 1.807) is 31.2 Å². The third-order valence-corrected chi connectivity index (χ3v) is 3.74. The van der Waals surface area contributed by atoms with Crippen molar-refractivity contribution in [3.8, 4) is 11.8 Å². The molecular formula is C16H20N2O2. The fraction of sp³-hybridized carbons (Fsp3) is 0.500. The van der Waals surface area contributed by atoms with Crippen LogP contribution in [0.4, 0.5) is 0 Å². The summed E-state index contributed by atoms with van der Waals surface area (Å²) in [4.78, 5) is 14.2. The topological polar surface area (TPSA) is 53.3 Å². The first-order valence-electron chi connectivity index (χ1n) is 7.05. The molecule has 1 atom stereocenters. The summed E-state index contributed by atoms with van der Waals surface area (Å²) < 4.78 is 5.66. The van der Waals surface area contributed by atoms with Gasteiger partial charge >= 0.3 is 0 Å². The standard InChI is InChI=1S/C16H20N2O2/c1-12-7-9-18(10-8-12)16(19)13(2)20-15-5-3-14(11-17)4-6-15/h3-6,12-13H,7-10H2,1-2H3/t13-/m1/s1. The van der Waals surface area contributed by atoms with Crippen molar-refractivity contribution in [3.05, 3.63) is 29.8 Å². The van der Waals surface area contributed by atoms with Crippen molar-refractivity contribution < 1.29 is 9.53 Å². The minimum absolute atomic E-state index is 0.0428. The third-order valence-electron chi connectivity index (χ3n) is 3.74. The van der Waals surface area contributed by atoms with Crippen molar-refractivity contribution >= 4 is 5.91 Å². The summed E-state index contributed by atoms with van der Waals surface area (Å²) in [6.45, 7) is 5.64. The predicted octanol–water partition coefficient (Wildman–Crippen LogP) is 2.58. The number of nitriles is 1. The maximum atomic E-state index is 12.3. The van der Waals surface area contributed by atoms with Crippen molar-refractivity contribution in [3.63, 3.8) is 0 Å². The second-order valence-corrected chi connectivity index (χ2v) is 5.40. The molecule has 0 bridgehead atoms. The van der Waals surface area contributed by atoms with E-state index in [9.17, 15) is 4.79 Å². The molecular weight excluding hydrogens is 252 g/mol. The van der Waals surface area contributed by atoms with Gasteiger partial charge in [-0.1, -0.05) is 6.92 Å². The van der Waals surface area contributed by atoms with Gasteiger partial charge in [0.15, 0.2) is 6.10 Å². The Kier molecular flexibility index (Phi) is 4.62. The molecule has 0 spiro atoms. The molecule has 0 N–H and O–H groups in total. The first-order chi connectivity index (χ1) is 9.60. The number of amides is 1. The molecule has 1 amide bonds. The Balaban J connectivity index is 1.91. The summed E-state index contributed by atoms with van der Waals surface area (Å²) in [5.74, 6) is 1.37. The molecule has 1 fully saturated rings. The van der Waals surface area contributed by atoms with Crippen molar-refractivity contribution in [2.75, 3.05) is 13.1 Å². The maximum absolute atomic E-state index is 12.3. The lowest BCUT2D eigenvalue weighted by atomic mass is 9.99. The molecule has 106 valence electrons. The lowest BCUT2D eigenvalue weighted by molar-refractivity contribution is -0.139. The number of carbonyl (C=O) groups is 1. The van der Waals surface area contributed by atoms with Crippen LogP contribution < -0.4 is 4.74 Å². The van der Waals surface area contributed by atoms with E-state index >= 15 is 0 Å². The van der Waals surface area contributed by atoms with E-state index in [4.69, 9.17) is 10.00 Å². The minimum Gasteiger partial charge on any atom is -0.481 e. The molecule has 1 aliphatic rings. The van der Waals surface area contributed by atoms with Gasteiger partial charge in [-0.2, -0.15) is 5.26 Å². The number of benzene rings is 1. The molecule has 20 heavy (non-hydrogen) atoms. The van der Waals surface area contributed by atoms with Gasteiger partial charge in [-0.3, -0.25) is 4.79 Å². The van der Waals surface area contributed by atoms with Crippen LogP contribution in [0.5, 0.6) is 5.75 Å². The number of carbonyl (C=O) groups excluding carboxylic acids is 1. The lowest BCUT2D eigenvalue weighted by Gasteiger charge is -2.32. The summed E-state index contributed by atoms with van der Waals surface area (Å²) >= 11 is 0. The van der Waals surface area contributed by atoms with E-state index in [2.05, 4.69) is 13.0 Å². The highest BCUT2D eigenvalue weighted by molar-refractivity contribution is 5.81. The molecule has 1 aromatic rings. The Labute approximate surface area is 120 Å². The number of ether oxygens (including phenoxy) is 1. The zero-order chi connectivity index (χ0) is 14.5. The Hall–Kier alpha value is -2.02. The molecule has 1 aliphatic heterocycles. The number of likely N-dealkylation sites (tertiary alicyclic amines) is 1. The van der Waals surface area contributed by atoms with Gasteiger partial charge in [0.25, 0.3) is 5.91 Å². The summed E-state index contributed by atoms with van der Waals surface area (Å²) in [5.41, 5.74) is 0.585. The zero-order valence-electron chi connectivity index (χ0n) is 12.0. The molecule has 0 aliphatic carbocycles. The van der Waals surface area contributed by atoms with Crippen molar-refractivity contribution in [1.29, 1.82) is 5.26 Å². The SMILES string of the molecule is CC1CCN(C(=O)[C@@H](C)Oc2ccc(C#N)cc2)CC1. The predicted molar refractivity (Wildman–Crippen MR) is 76.2 cm³/mol. The van der Waals surface area contributed by atoms with Gasteiger partial charge in [0.2, 0.25) is 0 Å². The summed E-state index contributed by atoms with van der Waals surface area (Å²) in [7, 11) is 0. The first kappa shape index (κ1) is 14.4. The van der Waals surface area contributed by atoms with Crippen LogP contribution in [-0.2, 0) is 4.79 Å². The Morgan fingerprint density at radius 3 is 2.50 bits per heavy atom. The van der Waals surface area contributed by atoms with E-state index < -0.39 is 6.10 Å². The molecule has 4 heteroatoms. The fourth-order valence-corrected chi connectivity index (χ4v) is 2.35. The van der Waals surface area contributed by atoms with Crippen molar-refractivity contribution in [2.45, 2.75) is 32.8 Å². The van der Waals surface area contributed by atoms with Crippen LogP contribution in [0.15, 0.2) is 24.3 Å². The normalized spacial score (nSPS) is 17.4. The number of hydrogen-bond donors (Lipinski definition) is 0. The minimum atomic E-state index is -0.489. The van der Waals surface area contributed by atoms with Crippen molar-refractivity contribution in [2.24, 2.45) is 5.92 Å².